The lowest BCUT2D eigenvalue weighted by Gasteiger charge is -2.09. The van der Waals surface area contributed by atoms with Crippen molar-refractivity contribution < 1.29 is 0 Å². The summed E-state index contributed by atoms with van der Waals surface area (Å²) in [5.41, 5.74) is 1.44. The monoisotopic (exact) mass is 227 g/mol. The number of nitrogens with one attached hydrogen (secondary N) is 1. The van der Waals surface area contributed by atoms with E-state index < -0.39 is 0 Å². The van der Waals surface area contributed by atoms with Crippen LogP contribution in [0.4, 0.5) is 0 Å². The summed E-state index contributed by atoms with van der Waals surface area (Å²) in [5, 5.41) is 6.23. The van der Waals surface area contributed by atoms with Crippen LogP contribution in [0.1, 0.15) is 19.4 Å². The maximum Gasteiger partial charge on any atom is -0.000802 e. The van der Waals surface area contributed by atoms with E-state index in [1.807, 2.05) is 0 Å². The standard InChI is InChI=1S/C16H21N/c1-13(2)12-17-11-10-15-8-5-7-14-6-3-4-9-16(14)15/h3-9,13,17H,10-12H2,1-2H3. The summed E-state index contributed by atoms with van der Waals surface area (Å²) < 4.78 is 0. The van der Waals surface area contributed by atoms with Crippen LogP contribution >= 0.6 is 0 Å². The van der Waals surface area contributed by atoms with E-state index in [-0.39, 0.29) is 0 Å². The topological polar surface area (TPSA) is 12.0 Å². The molecule has 2 aromatic carbocycles. The largest absolute Gasteiger partial charge is 0.316 e. The molecule has 0 saturated carbocycles. The Balaban J connectivity index is 2.03. The van der Waals surface area contributed by atoms with E-state index in [9.17, 15) is 0 Å². The quantitative estimate of drug-likeness (QED) is 0.769. The highest BCUT2D eigenvalue weighted by molar-refractivity contribution is 5.85. The summed E-state index contributed by atoms with van der Waals surface area (Å²) in [6.45, 7) is 6.65. The summed E-state index contributed by atoms with van der Waals surface area (Å²) in [7, 11) is 0. The van der Waals surface area contributed by atoms with E-state index in [1.54, 1.807) is 0 Å². The molecule has 0 bridgehead atoms. The van der Waals surface area contributed by atoms with Crippen molar-refractivity contribution in [2.24, 2.45) is 5.92 Å². The second-order valence-electron chi connectivity index (χ2n) is 4.99. The van der Waals surface area contributed by atoms with Crippen LogP contribution in [0.2, 0.25) is 0 Å². The van der Waals surface area contributed by atoms with E-state index in [0.29, 0.717) is 0 Å². The highest BCUT2D eigenvalue weighted by Gasteiger charge is 2.00. The molecule has 0 aromatic heterocycles. The van der Waals surface area contributed by atoms with Gasteiger partial charge in [-0.1, -0.05) is 56.3 Å². The Hall–Kier alpha value is -1.34. The number of hydrogen-bond donors (Lipinski definition) is 1. The maximum atomic E-state index is 3.50. The van der Waals surface area contributed by atoms with Crippen LogP contribution in [0.5, 0.6) is 0 Å². The van der Waals surface area contributed by atoms with Gasteiger partial charge in [0.25, 0.3) is 0 Å². The fraction of sp³-hybridized carbons (Fsp3) is 0.375. The van der Waals surface area contributed by atoms with Crippen molar-refractivity contribution in [2.75, 3.05) is 13.1 Å². The summed E-state index contributed by atoms with van der Waals surface area (Å²) in [6, 6.07) is 15.2. The van der Waals surface area contributed by atoms with Crippen LogP contribution in [0.25, 0.3) is 10.8 Å². The highest BCUT2D eigenvalue weighted by atomic mass is 14.8. The molecule has 90 valence electrons. The predicted molar refractivity (Wildman–Crippen MR) is 75.4 cm³/mol. The molecule has 2 aromatic rings. The smallest absolute Gasteiger partial charge is 0.000802 e. The van der Waals surface area contributed by atoms with Gasteiger partial charge < -0.3 is 5.32 Å². The first-order valence-electron chi connectivity index (χ1n) is 6.44. The van der Waals surface area contributed by atoms with Crippen LogP contribution in [0.15, 0.2) is 42.5 Å². The second-order valence-corrected chi connectivity index (χ2v) is 4.99. The Morgan fingerprint density at radius 3 is 2.59 bits per heavy atom. The molecule has 0 saturated heterocycles. The molecule has 2 rings (SSSR count). The molecule has 17 heavy (non-hydrogen) atoms. The number of hydrogen-bond acceptors (Lipinski definition) is 1. The molecule has 0 spiro atoms. The van der Waals surface area contributed by atoms with Gasteiger partial charge in [-0.2, -0.15) is 0 Å². The van der Waals surface area contributed by atoms with Crippen LogP contribution in [0, 0.1) is 5.92 Å². The third kappa shape index (κ3) is 3.31. The SMILES string of the molecule is CC(C)CNCCc1cccc2ccccc12. The van der Waals surface area contributed by atoms with Gasteiger partial charge in [0.05, 0.1) is 0 Å². The van der Waals surface area contributed by atoms with Crippen molar-refractivity contribution in [3.63, 3.8) is 0 Å². The zero-order chi connectivity index (χ0) is 12.1. The summed E-state index contributed by atoms with van der Waals surface area (Å²) in [5.74, 6) is 0.725. The average Bonchev–Trinajstić information content (AvgIpc) is 2.34. The van der Waals surface area contributed by atoms with Crippen LogP contribution < -0.4 is 5.32 Å². The van der Waals surface area contributed by atoms with E-state index in [1.165, 1.54) is 16.3 Å². The maximum absolute atomic E-state index is 3.50. The van der Waals surface area contributed by atoms with Gasteiger partial charge in [0.1, 0.15) is 0 Å². The Kier molecular flexibility index (Phi) is 4.16. The zero-order valence-corrected chi connectivity index (χ0v) is 10.7. The van der Waals surface area contributed by atoms with E-state index in [0.717, 1.165) is 25.4 Å². The van der Waals surface area contributed by atoms with Crippen LogP contribution in [-0.2, 0) is 6.42 Å². The molecule has 0 radical (unpaired) electrons. The lowest BCUT2D eigenvalue weighted by Crippen LogP contribution is -2.22. The molecular weight excluding hydrogens is 206 g/mol. The van der Waals surface area contributed by atoms with Gasteiger partial charge in [-0.3, -0.25) is 0 Å². The normalized spacial score (nSPS) is 11.2. The molecule has 0 fully saturated rings. The van der Waals surface area contributed by atoms with E-state index in [4.69, 9.17) is 0 Å². The Morgan fingerprint density at radius 2 is 1.76 bits per heavy atom. The molecule has 0 aliphatic carbocycles. The minimum absolute atomic E-state index is 0.725. The molecule has 1 heteroatoms. The van der Waals surface area contributed by atoms with Gasteiger partial charge in [0.15, 0.2) is 0 Å². The molecule has 0 atom stereocenters. The number of rotatable bonds is 5. The highest BCUT2D eigenvalue weighted by Crippen LogP contribution is 2.18. The van der Waals surface area contributed by atoms with Gasteiger partial charge in [0.2, 0.25) is 0 Å². The predicted octanol–water partition coefficient (Wildman–Crippen LogP) is 3.63. The molecule has 0 aliphatic heterocycles. The Bertz CT molecular complexity index is 468. The molecule has 0 aliphatic rings. The fourth-order valence-corrected chi connectivity index (χ4v) is 2.12. The molecule has 1 N–H and O–H groups in total. The van der Waals surface area contributed by atoms with Crippen molar-refractivity contribution >= 4 is 10.8 Å². The number of fused-ring (bicyclic) bond motifs is 1. The third-order valence-corrected chi connectivity index (χ3v) is 3.00. The third-order valence-electron chi connectivity index (χ3n) is 3.00. The molecule has 0 unspecified atom stereocenters. The molecule has 0 heterocycles. The Labute approximate surface area is 104 Å². The van der Waals surface area contributed by atoms with Crippen molar-refractivity contribution in [2.45, 2.75) is 20.3 Å². The van der Waals surface area contributed by atoms with Gasteiger partial charge in [-0.15, -0.1) is 0 Å². The lowest BCUT2D eigenvalue weighted by molar-refractivity contribution is 0.555. The van der Waals surface area contributed by atoms with Crippen molar-refractivity contribution in [1.82, 2.24) is 5.32 Å². The molecule has 0 amide bonds. The van der Waals surface area contributed by atoms with Crippen molar-refractivity contribution in [1.29, 1.82) is 0 Å². The first kappa shape index (κ1) is 12.1. The molecular formula is C16H21N. The summed E-state index contributed by atoms with van der Waals surface area (Å²) in [6.07, 6.45) is 1.11. The fourth-order valence-electron chi connectivity index (χ4n) is 2.12. The van der Waals surface area contributed by atoms with E-state index >= 15 is 0 Å². The Morgan fingerprint density at radius 1 is 1.00 bits per heavy atom. The van der Waals surface area contributed by atoms with Gasteiger partial charge >= 0.3 is 0 Å². The van der Waals surface area contributed by atoms with Crippen molar-refractivity contribution in [3.05, 3.63) is 48.0 Å². The van der Waals surface area contributed by atoms with Gasteiger partial charge in [-0.05, 0) is 41.8 Å². The van der Waals surface area contributed by atoms with E-state index in [2.05, 4.69) is 61.6 Å². The summed E-state index contributed by atoms with van der Waals surface area (Å²) in [4.78, 5) is 0. The number of benzene rings is 2. The average molecular weight is 227 g/mol. The van der Waals surface area contributed by atoms with Crippen molar-refractivity contribution in [3.8, 4) is 0 Å². The summed E-state index contributed by atoms with van der Waals surface area (Å²) >= 11 is 0. The minimum Gasteiger partial charge on any atom is -0.316 e. The molecule has 1 nitrogen and oxygen atoms in total. The zero-order valence-electron chi connectivity index (χ0n) is 10.7. The lowest BCUT2D eigenvalue weighted by atomic mass is 10.0. The van der Waals surface area contributed by atoms with Crippen LogP contribution in [-0.4, -0.2) is 13.1 Å². The van der Waals surface area contributed by atoms with Crippen LogP contribution in [0.3, 0.4) is 0 Å². The first-order chi connectivity index (χ1) is 8.27. The first-order valence-corrected chi connectivity index (χ1v) is 6.44. The minimum atomic E-state index is 0.725. The van der Waals surface area contributed by atoms with Gasteiger partial charge in [-0.25, -0.2) is 0 Å². The second kappa shape index (κ2) is 5.83. The van der Waals surface area contributed by atoms with Gasteiger partial charge in [0, 0.05) is 0 Å².